The molecule has 0 radical (unpaired) electrons. The molecule has 3 heteroatoms. The fraction of sp³-hybridized carbons (Fsp3) is 0.0476. The Labute approximate surface area is 384 Å². The summed E-state index contributed by atoms with van der Waals surface area (Å²) in [5, 5.41) is 4.61. The molecular formula is C63H44N2O. The number of hydrogen-bond acceptors (Lipinski definition) is 2. The summed E-state index contributed by atoms with van der Waals surface area (Å²) < 4.78 is 9.23. The summed E-state index contributed by atoms with van der Waals surface area (Å²) in [4.78, 5) is 2.47. The molecule has 0 unspecified atom stereocenters. The van der Waals surface area contributed by atoms with Crippen molar-refractivity contribution in [3.63, 3.8) is 0 Å². The molecule has 0 N–H and O–H groups in total. The van der Waals surface area contributed by atoms with Crippen molar-refractivity contribution in [1.82, 2.24) is 4.57 Å². The third-order valence-electron chi connectivity index (χ3n) is 14.0. The largest absolute Gasteiger partial charge is 0.456 e. The number of rotatable bonds is 7. The van der Waals surface area contributed by atoms with E-state index in [1.165, 1.54) is 71.9 Å². The fourth-order valence-corrected chi connectivity index (χ4v) is 11.0. The molecule has 0 saturated heterocycles. The van der Waals surface area contributed by atoms with Gasteiger partial charge in [-0.1, -0.05) is 178 Å². The highest BCUT2D eigenvalue weighted by Crippen LogP contribution is 2.55. The van der Waals surface area contributed by atoms with E-state index in [0.717, 1.165) is 50.3 Å². The van der Waals surface area contributed by atoms with Gasteiger partial charge in [-0.15, -0.1) is 0 Å². The topological polar surface area (TPSA) is 21.3 Å². The van der Waals surface area contributed by atoms with Crippen LogP contribution in [0.15, 0.2) is 235 Å². The number of para-hydroxylation sites is 2. The van der Waals surface area contributed by atoms with Gasteiger partial charge >= 0.3 is 0 Å². The van der Waals surface area contributed by atoms with E-state index in [0.29, 0.717) is 0 Å². The molecule has 0 spiro atoms. The molecule has 0 amide bonds. The lowest BCUT2D eigenvalue weighted by Crippen LogP contribution is -2.16. The second-order valence-corrected chi connectivity index (χ2v) is 18.0. The number of nitrogens with zero attached hydrogens (tertiary/aromatic N) is 2. The summed E-state index contributed by atoms with van der Waals surface area (Å²) in [5.41, 5.74) is 20.6. The second-order valence-electron chi connectivity index (χ2n) is 18.0. The molecule has 0 aliphatic heterocycles. The van der Waals surface area contributed by atoms with Gasteiger partial charge in [-0.2, -0.15) is 0 Å². The molecule has 13 rings (SSSR count). The minimum absolute atomic E-state index is 0.154. The van der Waals surface area contributed by atoms with Crippen molar-refractivity contribution >= 4 is 60.8 Å². The first-order chi connectivity index (χ1) is 32.5. The average molecular weight is 845 g/mol. The Kier molecular flexibility index (Phi) is 8.56. The Morgan fingerprint density at radius 2 is 1.03 bits per heavy atom. The van der Waals surface area contributed by atoms with Crippen LogP contribution in [0, 0.1) is 0 Å². The van der Waals surface area contributed by atoms with Gasteiger partial charge in [0.15, 0.2) is 0 Å². The number of anilines is 3. The zero-order valence-corrected chi connectivity index (χ0v) is 36.7. The Balaban J connectivity index is 1.07. The highest BCUT2D eigenvalue weighted by atomic mass is 16.3. The normalized spacial score (nSPS) is 12.8. The molecule has 0 saturated carbocycles. The molecule has 312 valence electrons. The first-order valence-electron chi connectivity index (χ1n) is 22.8. The van der Waals surface area contributed by atoms with Crippen molar-refractivity contribution in [1.29, 1.82) is 0 Å². The number of benzene rings is 10. The standard InChI is InChI=1S/C63H44N2O/c1-63(2)51-26-14-12-24-48(51)60-52(63)27-16-29-54(60)65(46-35-32-42(33-36-46)41-18-6-3-7-19-41)55-30-17-31-58-61(55)50-40-44(34-39-57(50)66-58)47-37-38-56-62(59(47)43-20-8-4-9-21-43)49-25-13-15-28-53(49)64(56)45-22-10-5-11-23-45/h3-40H,1-2H3. The molecule has 1 aliphatic rings. The first-order valence-corrected chi connectivity index (χ1v) is 22.8. The fourth-order valence-electron chi connectivity index (χ4n) is 11.0. The average Bonchev–Trinajstić information content (AvgIpc) is 4.00. The molecule has 2 aromatic heterocycles. The van der Waals surface area contributed by atoms with Crippen molar-refractivity contribution in [3.8, 4) is 50.2 Å². The maximum Gasteiger partial charge on any atom is 0.137 e. The van der Waals surface area contributed by atoms with E-state index in [1.807, 2.05) is 0 Å². The van der Waals surface area contributed by atoms with E-state index in [4.69, 9.17) is 4.42 Å². The van der Waals surface area contributed by atoms with E-state index >= 15 is 0 Å². The van der Waals surface area contributed by atoms with Crippen molar-refractivity contribution in [3.05, 3.63) is 242 Å². The van der Waals surface area contributed by atoms with Crippen LogP contribution in [-0.2, 0) is 5.41 Å². The van der Waals surface area contributed by atoms with Crippen LogP contribution in [0.5, 0.6) is 0 Å². The van der Waals surface area contributed by atoms with E-state index in [2.05, 4.69) is 254 Å². The third-order valence-corrected chi connectivity index (χ3v) is 14.0. The lowest BCUT2D eigenvalue weighted by Gasteiger charge is -2.29. The van der Waals surface area contributed by atoms with E-state index in [-0.39, 0.29) is 5.41 Å². The van der Waals surface area contributed by atoms with Gasteiger partial charge in [-0.25, -0.2) is 0 Å². The van der Waals surface area contributed by atoms with Gasteiger partial charge in [-0.3, -0.25) is 0 Å². The quantitative estimate of drug-likeness (QED) is 0.159. The highest BCUT2D eigenvalue weighted by molar-refractivity contribution is 6.20. The Hall–Kier alpha value is -8.40. The van der Waals surface area contributed by atoms with Crippen molar-refractivity contribution in [2.75, 3.05) is 4.90 Å². The van der Waals surface area contributed by atoms with Gasteiger partial charge in [0.2, 0.25) is 0 Å². The monoisotopic (exact) mass is 844 g/mol. The van der Waals surface area contributed by atoms with Crippen LogP contribution in [0.25, 0.3) is 93.9 Å². The van der Waals surface area contributed by atoms with Crippen LogP contribution >= 0.6 is 0 Å². The van der Waals surface area contributed by atoms with E-state index in [1.54, 1.807) is 0 Å². The smallest absolute Gasteiger partial charge is 0.137 e. The SMILES string of the molecule is CC1(C)c2ccccc2-c2c(N(c3ccc(-c4ccccc4)cc3)c3cccc4oc5ccc(-c6ccc7c(c6-c6ccccc6)c6ccccc6n7-c6ccccc6)cc5c34)cccc21. The lowest BCUT2D eigenvalue weighted by atomic mass is 9.82. The minimum atomic E-state index is -0.154. The lowest BCUT2D eigenvalue weighted by molar-refractivity contribution is 0.660. The maximum absolute atomic E-state index is 6.83. The summed E-state index contributed by atoms with van der Waals surface area (Å²) in [7, 11) is 0. The Morgan fingerprint density at radius 1 is 0.394 bits per heavy atom. The highest BCUT2D eigenvalue weighted by Gasteiger charge is 2.38. The van der Waals surface area contributed by atoms with Crippen LogP contribution in [0.3, 0.4) is 0 Å². The van der Waals surface area contributed by atoms with Gasteiger partial charge in [0, 0.05) is 38.5 Å². The minimum Gasteiger partial charge on any atom is -0.456 e. The van der Waals surface area contributed by atoms with Crippen LogP contribution < -0.4 is 4.90 Å². The Morgan fingerprint density at radius 3 is 1.83 bits per heavy atom. The molecule has 2 heterocycles. The van der Waals surface area contributed by atoms with Gasteiger partial charge in [0.1, 0.15) is 11.2 Å². The molecule has 10 aromatic carbocycles. The van der Waals surface area contributed by atoms with Crippen LogP contribution in [-0.4, -0.2) is 4.57 Å². The van der Waals surface area contributed by atoms with E-state index in [9.17, 15) is 0 Å². The molecule has 0 atom stereocenters. The maximum atomic E-state index is 6.83. The molecule has 66 heavy (non-hydrogen) atoms. The third kappa shape index (κ3) is 5.76. The predicted octanol–water partition coefficient (Wildman–Crippen LogP) is 17.5. The number of hydrogen-bond donors (Lipinski definition) is 0. The molecular weight excluding hydrogens is 801 g/mol. The Bertz CT molecular complexity index is 3820. The zero-order valence-electron chi connectivity index (χ0n) is 36.7. The van der Waals surface area contributed by atoms with Gasteiger partial charge in [0.05, 0.1) is 27.8 Å². The zero-order chi connectivity index (χ0) is 43.9. The summed E-state index contributed by atoms with van der Waals surface area (Å²) in [5.74, 6) is 0. The molecule has 3 nitrogen and oxygen atoms in total. The van der Waals surface area contributed by atoms with Crippen LogP contribution in [0.2, 0.25) is 0 Å². The number of fused-ring (bicyclic) bond motifs is 9. The van der Waals surface area contributed by atoms with Crippen molar-refractivity contribution in [2.45, 2.75) is 19.3 Å². The van der Waals surface area contributed by atoms with E-state index < -0.39 is 0 Å². The molecule has 12 aromatic rings. The van der Waals surface area contributed by atoms with Gasteiger partial charge in [0.25, 0.3) is 0 Å². The predicted molar refractivity (Wildman–Crippen MR) is 277 cm³/mol. The molecule has 0 fully saturated rings. The molecule has 0 bridgehead atoms. The first kappa shape index (κ1) is 38.1. The molecule has 1 aliphatic carbocycles. The van der Waals surface area contributed by atoms with Crippen LogP contribution in [0.1, 0.15) is 25.0 Å². The summed E-state index contributed by atoms with van der Waals surface area (Å²) in [6.45, 7) is 4.71. The number of furan rings is 1. The van der Waals surface area contributed by atoms with Gasteiger partial charge < -0.3 is 13.9 Å². The van der Waals surface area contributed by atoms with Crippen LogP contribution in [0.4, 0.5) is 17.1 Å². The van der Waals surface area contributed by atoms with Crippen molar-refractivity contribution < 1.29 is 4.42 Å². The summed E-state index contributed by atoms with van der Waals surface area (Å²) >= 11 is 0. The van der Waals surface area contributed by atoms with Gasteiger partial charge in [-0.05, 0) is 117 Å². The summed E-state index contributed by atoms with van der Waals surface area (Å²) in [6.07, 6.45) is 0. The number of aromatic nitrogens is 1. The van der Waals surface area contributed by atoms with Crippen molar-refractivity contribution in [2.24, 2.45) is 0 Å². The summed E-state index contributed by atoms with van der Waals surface area (Å²) in [6, 6.07) is 83.8. The second kappa shape index (κ2) is 14.8.